The molecule has 1 N–H and O–H groups in total. The monoisotopic (exact) mass is 354 g/mol. The molecule has 0 aliphatic carbocycles. The molecule has 0 unspecified atom stereocenters. The van der Waals surface area contributed by atoms with Gasteiger partial charge in [-0.05, 0) is 43.3 Å². The minimum absolute atomic E-state index is 0.214. The van der Waals surface area contributed by atoms with Gasteiger partial charge in [0.1, 0.15) is 6.61 Å². The minimum Gasteiger partial charge on any atom is -0.493 e. The number of anilines is 1. The Labute approximate surface area is 149 Å². The van der Waals surface area contributed by atoms with Crippen molar-refractivity contribution >= 4 is 33.1 Å². The van der Waals surface area contributed by atoms with Crippen molar-refractivity contribution in [3.63, 3.8) is 0 Å². The summed E-state index contributed by atoms with van der Waals surface area (Å²) in [5.74, 6) is 0.859. The van der Waals surface area contributed by atoms with Gasteiger partial charge >= 0.3 is 0 Å². The van der Waals surface area contributed by atoms with E-state index in [4.69, 9.17) is 9.47 Å². The van der Waals surface area contributed by atoms with E-state index in [9.17, 15) is 4.79 Å². The first-order valence-electron chi connectivity index (χ1n) is 7.71. The maximum Gasteiger partial charge on any atom is 0.255 e. The fraction of sp³-hybridized carbons (Fsp3) is 0.158. The van der Waals surface area contributed by atoms with Crippen LogP contribution in [0.4, 0.5) is 5.69 Å². The molecular formula is C19H18N2O3S. The molecule has 25 heavy (non-hydrogen) atoms. The van der Waals surface area contributed by atoms with Gasteiger partial charge in [-0.2, -0.15) is 0 Å². The molecule has 1 amide bonds. The van der Waals surface area contributed by atoms with Crippen molar-refractivity contribution in [1.82, 2.24) is 4.98 Å². The number of benzene rings is 2. The summed E-state index contributed by atoms with van der Waals surface area (Å²) >= 11 is 1.60. The lowest BCUT2D eigenvalue weighted by Crippen LogP contribution is -2.12. The first kappa shape index (κ1) is 17.0. The van der Waals surface area contributed by atoms with Crippen LogP contribution in [0, 0.1) is 6.92 Å². The Balaban J connectivity index is 1.80. The smallest absolute Gasteiger partial charge is 0.255 e. The largest absolute Gasteiger partial charge is 0.493 e. The average molecular weight is 354 g/mol. The molecule has 128 valence electrons. The van der Waals surface area contributed by atoms with Crippen LogP contribution < -0.4 is 14.8 Å². The number of ether oxygens (including phenoxy) is 2. The number of carbonyl (C=O) groups excluding carboxylic acids is 1. The highest BCUT2D eigenvalue weighted by molar-refractivity contribution is 7.18. The van der Waals surface area contributed by atoms with Gasteiger partial charge in [-0.3, -0.25) is 4.79 Å². The van der Waals surface area contributed by atoms with E-state index in [2.05, 4.69) is 16.9 Å². The number of hydrogen-bond acceptors (Lipinski definition) is 5. The van der Waals surface area contributed by atoms with Crippen molar-refractivity contribution in [1.29, 1.82) is 0 Å². The van der Waals surface area contributed by atoms with Gasteiger partial charge in [0.2, 0.25) is 0 Å². The maximum absolute atomic E-state index is 12.5. The minimum atomic E-state index is -0.214. The summed E-state index contributed by atoms with van der Waals surface area (Å²) in [4.78, 5) is 16.9. The average Bonchev–Trinajstić information content (AvgIpc) is 2.99. The van der Waals surface area contributed by atoms with Crippen molar-refractivity contribution in [3.8, 4) is 11.5 Å². The van der Waals surface area contributed by atoms with Crippen LogP contribution in [0.5, 0.6) is 11.5 Å². The van der Waals surface area contributed by atoms with Gasteiger partial charge in [0, 0.05) is 11.3 Å². The van der Waals surface area contributed by atoms with Crippen molar-refractivity contribution in [3.05, 3.63) is 59.6 Å². The Bertz CT molecular complexity index is 934. The van der Waals surface area contributed by atoms with Crippen LogP contribution in [0.15, 0.2) is 49.1 Å². The molecule has 1 aromatic heterocycles. The van der Waals surface area contributed by atoms with E-state index in [1.54, 1.807) is 35.6 Å². The first-order valence-corrected chi connectivity index (χ1v) is 8.52. The number of thiazole rings is 1. The van der Waals surface area contributed by atoms with Gasteiger partial charge in [0.25, 0.3) is 5.91 Å². The van der Waals surface area contributed by atoms with Crippen LogP contribution >= 0.6 is 11.3 Å². The molecule has 0 saturated carbocycles. The summed E-state index contributed by atoms with van der Waals surface area (Å²) < 4.78 is 11.8. The highest BCUT2D eigenvalue weighted by atomic mass is 32.1. The number of rotatable bonds is 6. The highest BCUT2D eigenvalue weighted by Crippen LogP contribution is 2.29. The van der Waals surface area contributed by atoms with Gasteiger partial charge in [-0.15, -0.1) is 11.3 Å². The number of amides is 1. The summed E-state index contributed by atoms with van der Waals surface area (Å²) in [5, 5.41) is 3.90. The first-order chi connectivity index (χ1) is 12.1. The van der Waals surface area contributed by atoms with Crippen LogP contribution in [0.1, 0.15) is 15.4 Å². The number of nitrogens with one attached hydrogen (secondary N) is 1. The molecule has 1 heterocycles. The molecule has 0 atom stereocenters. The van der Waals surface area contributed by atoms with E-state index < -0.39 is 0 Å². The third kappa shape index (κ3) is 3.80. The number of aromatic nitrogens is 1. The van der Waals surface area contributed by atoms with E-state index in [-0.39, 0.29) is 5.91 Å². The van der Waals surface area contributed by atoms with Crippen molar-refractivity contribution in [2.45, 2.75) is 6.92 Å². The summed E-state index contributed by atoms with van der Waals surface area (Å²) in [6.45, 7) is 5.95. The zero-order valence-electron chi connectivity index (χ0n) is 14.0. The van der Waals surface area contributed by atoms with Crippen molar-refractivity contribution in [2.24, 2.45) is 0 Å². The summed E-state index contributed by atoms with van der Waals surface area (Å²) in [6.07, 6.45) is 1.65. The van der Waals surface area contributed by atoms with E-state index >= 15 is 0 Å². The Kier molecular flexibility index (Phi) is 5.00. The van der Waals surface area contributed by atoms with Gasteiger partial charge in [0.15, 0.2) is 11.5 Å². The van der Waals surface area contributed by atoms with Crippen LogP contribution in [-0.2, 0) is 0 Å². The molecule has 0 aliphatic rings. The number of hydrogen-bond donors (Lipinski definition) is 1. The predicted molar refractivity (Wildman–Crippen MR) is 101 cm³/mol. The lowest BCUT2D eigenvalue weighted by atomic mass is 10.2. The quantitative estimate of drug-likeness (QED) is 0.665. The number of fused-ring (bicyclic) bond motifs is 1. The Morgan fingerprint density at radius 1 is 1.28 bits per heavy atom. The molecule has 0 aliphatic heterocycles. The van der Waals surface area contributed by atoms with Gasteiger partial charge in [0.05, 0.1) is 22.3 Å². The molecule has 6 heteroatoms. The van der Waals surface area contributed by atoms with E-state index in [0.29, 0.717) is 23.7 Å². The van der Waals surface area contributed by atoms with Gasteiger partial charge < -0.3 is 14.8 Å². The van der Waals surface area contributed by atoms with Crippen LogP contribution in [0.2, 0.25) is 0 Å². The second kappa shape index (κ2) is 7.36. The molecule has 0 fully saturated rings. The van der Waals surface area contributed by atoms with Crippen LogP contribution in [0.25, 0.3) is 10.2 Å². The molecular weight excluding hydrogens is 336 g/mol. The van der Waals surface area contributed by atoms with Crippen molar-refractivity contribution < 1.29 is 14.3 Å². The lowest BCUT2D eigenvalue weighted by Gasteiger charge is -2.11. The number of methoxy groups -OCH3 is 1. The Hall–Kier alpha value is -2.86. The van der Waals surface area contributed by atoms with E-state index in [1.165, 1.54) is 7.11 Å². The molecule has 0 saturated heterocycles. The molecule has 3 rings (SSSR count). The van der Waals surface area contributed by atoms with Crippen LogP contribution in [0.3, 0.4) is 0 Å². The third-order valence-corrected chi connectivity index (χ3v) is 4.47. The third-order valence-electron chi connectivity index (χ3n) is 3.54. The molecule has 0 bridgehead atoms. The molecule has 0 spiro atoms. The lowest BCUT2D eigenvalue weighted by molar-refractivity contribution is 0.102. The summed E-state index contributed by atoms with van der Waals surface area (Å²) in [5.41, 5.74) is 2.15. The standard InChI is InChI=1S/C19H18N2O3S/c1-4-9-24-16-8-5-13(10-17(16)23-3)19(22)21-14-6-7-15-18(11-14)25-12(2)20-15/h4-8,10-11H,1,9H2,2-3H3,(H,21,22). The predicted octanol–water partition coefficient (Wildman–Crippen LogP) is 4.43. The van der Waals surface area contributed by atoms with E-state index in [0.717, 1.165) is 20.9 Å². The molecule has 5 nitrogen and oxygen atoms in total. The second-order valence-electron chi connectivity index (χ2n) is 5.33. The molecule has 2 aromatic carbocycles. The molecule has 0 radical (unpaired) electrons. The maximum atomic E-state index is 12.5. The normalized spacial score (nSPS) is 10.5. The number of carbonyl (C=O) groups is 1. The van der Waals surface area contributed by atoms with Crippen LogP contribution in [-0.4, -0.2) is 24.6 Å². The van der Waals surface area contributed by atoms with Gasteiger partial charge in [-0.1, -0.05) is 12.7 Å². The van der Waals surface area contributed by atoms with Crippen molar-refractivity contribution in [2.75, 3.05) is 19.0 Å². The SMILES string of the molecule is C=CCOc1ccc(C(=O)Nc2ccc3nc(C)sc3c2)cc1OC. The topological polar surface area (TPSA) is 60.5 Å². The Morgan fingerprint density at radius 2 is 2.12 bits per heavy atom. The van der Waals surface area contributed by atoms with Gasteiger partial charge in [-0.25, -0.2) is 4.98 Å². The zero-order chi connectivity index (χ0) is 17.8. The molecule has 3 aromatic rings. The highest BCUT2D eigenvalue weighted by Gasteiger charge is 2.12. The number of aryl methyl sites for hydroxylation is 1. The summed E-state index contributed by atoms with van der Waals surface area (Å²) in [6, 6.07) is 10.7. The summed E-state index contributed by atoms with van der Waals surface area (Å²) in [7, 11) is 1.54. The van der Waals surface area contributed by atoms with E-state index in [1.807, 2.05) is 25.1 Å². The zero-order valence-corrected chi connectivity index (χ0v) is 14.9. The Morgan fingerprint density at radius 3 is 2.88 bits per heavy atom. The number of nitrogens with zero attached hydrogens (tertiary/aromatic N) is 1. The fourth-order valence-electron chi connectivity index (χ4n) is 2.40. The second-order valence-corrected chi connectivity index (χ2v) is 6.57. The fourth-order valence-corrected chi connectivity index (χ4v) is 3.26.